The molecular formula is C13H27N3O2. The van der Waals surface area contributed by atoms with E-state index in [1.54, 1.807) is 0 Å². The lowest BCUT2D eigenvalue weighted by molar-refractivity contribution is -0.0101. The van der Waals surface area contributed by atoms with Crippen molar-refractivity contribution in [2.24, 2.45) is 16.8 Å². The van der Waals surface area contributed by atoms with Crippen molar-refractivity contribution < 1.29 is 10.3 Å². The summed E-state index contributed by atoms with van der Waals surface area (Å²) in [6.45, 7) is 4.77. The monoisotopic (exact) mass is 257 g/mol. The molecule has 106 valence electrons. The van der Waals surface area contributed by atoms with Crippen LogP contribution in [0.1, 0.15) is 52.4 Å². The molecule has 1 fully saturated rings. The second-order valence-corrected chi connectivity index (χ2v) is 5.65. The van der Waals surface area contributed by atoms with E-state index in [4.69, 9.17) is 10.9 Å². The Hall–Kier alpha value is -0.810. The highest BCUT2D eigenvalue weighted by Gasteiger charge is 2.32. The van der Waals surface area contributed by atoms with Gasteiger partial charge in [-0.1, -0.05) is 18.5 Å². The third-order valence-corrected chi connectivity index (χ3v) is 4.04. The molecule has 5 heteroatoms. The molecule has 5 N–H and O–H groups in total. The molecular weight excluding hydrogens is 230 g/mol. The molecule has 0 spiro atoms. The van der Waals surface area contributed by atoms with E-state index in [2.05, 4.69) is 17.4 Å². The molecule has 1 saturated carbocycles. The van der Waals surface area contributed by atoms with Crippen molar-refractivity contribution in [3.05, 3.63) is 0 Å². The van der Waals surface area contributed by atoms with Gasteiger partial charge in [-0.15, -0.1) is 0 Å². The Morgan fingerprint density at radius 2 is 2.11 bits per heavy atom. The minimum atomic E-state index is -0.578. The lowest BCUT2D eigenvalue weighted by Crippen LogP contribution is -2.46. The number of nitrogens with one attached hydrogen (secondary N) is 1. The van der Waals surface area contributed by atoms with Crippen molar-refractivity contribution in [3.63, 3.8) is 0 Å². The fraction of sp³-hybridized carbons (Fsp3) is 0.923. The maximum Gasteiger partial charge on any atom is 0.140 e. The first-order chi connectivity index (χ1) is 8.49. The number of amidine groups is 1. The molecule has 1 aliphatic carbocycles. The summed E-state index contributed by atoms with van der Waals surface area (Å²) in [7, 11) is 0. The minimum absolute atomic E-state index is 0.105. The normalized spacial score (nSPS) is 31.3. The molecule has 0 bridgehead atoms. The van der Waals surface area contributed by atoms with Gasteiger partial charge >= 0.3 is 0 Å². The molecule has 1 atom stereocenters. The van der Waals surface area contributed by atoms with Gasteiger partial charge in [0.15, 0.2) is 0 Å². The first kappa shape index (κ1) is 15.2. The first-order valence-corrected chi connectivity index (χ1v) is 6.91. The maximum absolute atomic E-state index is 10.5. The molecule has 0 heterocycles. The standard InChI is InChI=1S/C13H27N3O2/c1-3-11-4-6-13(17,7-5-11)9-15-10(2)8-12(14)16-18/h10-11,15,17-18H,3-9H2,1-2H3,(H2,14,16). The van der Waals surface area contributed by atoms with E-state index >= 15 is 0 Å². The van der Waals surface area contributed by atoms with E-state index in [0.29, 0.717) is 13.0 Å². The molecule has 1 unspecified atom stereocenters. The van der Waals surface area contributed by atoms with E-state index in [1.165, 1.54) is 6.42 Å². The molecule has 0 radical (unpaired) electrons. The maximum atomic E-state index is 10.5. The summed E-state index contributed by atoms with van der Waals surface area (Å²) in [5.74, 6) is 0.997. The Balaban J connectivity index is 2.30. The largest absolute Gasteiger partial charge is 0.409 e. The van der Waals surface area contributed by atoms with Crippen LogP contribution >= 0.6 is 0 Å². The van der Waals surface area contributed by atoms with Crippen molar-refractivity contribution >= 4 is 5.84 Å². The molecule has 0 aromatic rings. The van der Waals surface area contributed by atoms with Crippen LogP contribution < -0.4 is 11.1 Å². The van der Waals surface area contributed by atoms with Gasteiger partial charge in [0.25, 0.3) is 0 Å². The Bertz CT molecular complexity index is 273. The van der Waals surface area contributed by atoms with Crippen LogP contribution in [0.25, 0.3) is 0 Å². The van der Waals surface area contributed by atoms with Crippen molar-refractivity contribution in [2.75, 3.05) is 6.54 Å². The number of oxime groups is 1. The van der Waals surface area contributed by atoms with Crippen molar-refractivity contribution in [1.82, 2.24) is 5.32 Å². The van der Waals surface area contributed by atoms with E-state index in [0.717, 1.165) is 31.6 Å². The molecule has 0 aromatic carbocycles. The summed E-state index contributed by atoms with van der Waals surface area (Å²) in [6.07, 6.45) is 5.67. The van der Waals surface area contributed by atoms with E-state index in [9.17, 15) is 5.11 Å². The predicted octanol–water partition coefficient (Wildman–Crippen LogP) is 1.43. The Morgan fingerprint density at radius 3 is 2.61 bits per heavy atom. The summed E-state index contributed by atoms with van der Waals surface area (Å²) in [6, 6.07) is 0.105. The summed E-state index contributed by atoms with van der Waals surface area (Å²) in [4.78, 5) is 0. The molecule has 18 heavy (non-hydrogen) atoms. The van der Waals surface area contributed by atoms with Gasteiger partial charge in [0, 0.05) is 19.0 Å². The van der Waals surface area contributed by atoms with Gasteiger partial charge in [0.1, 0.15) is 5.84 Å². The number of aliphatic hydroxyl groups is 1. The van der Waals surface area contributed by atoms with Gasteiger partial charge in [-0.25, -0.2) is 0 Å². The second kappa shape index (κ2) is 6.95. The molecule has 0 aromatic heterocycles. The summed E-state index contributed by atoms with van der Waals surface area (Å²) in [5.41, 5.74) is 4.87. The van der Waals surface area contributed by atoms with Crippen LogP contribution in [0.4, 0.5) is 0 Å². The topological polar surface area (TPSA) is 90.9 Å². The zero-order valence-corrected chi connectivity index (χ0v) is 11.5. The molecule has 0 amide bonds. The van der Waals surface area contributed by atoms with E-state index < -0.39 is 5.60 Å². The lowest BCUT2D eigenvalue weighted by Gasteiger charge is -2.36. The average molecular weight is 257 g/mol. The number of hydrogen-bond acceptors (Lipinski definition) is 4. The van der Waals surface area contributed by atoms with Crippen LogP contribution in [0.5, 0.6) is 0 Å². The van der Waals surface area contributed by atoms with E-state index in [1.807, 2.05) is 6.92 Å². The fourth-order valence-corrected chi connectivity index (χ4v) is 2.59. The van der Waals surface area contributed by atoms with Gasteiger partial charge in [-0.2, -0.15) is 0 Å². The highest BCUT2D eigenvalue weighted by molar-refractivity contribution is 5.80. The van der Waals surface area contributed by atoms with Crippen molar-refractivity contribution in [3.8, 4) is 0 Å². The fourth-order valence-electron chi connectivity index (χ4n) is 2.59. The predicted molar refractivity (Wildman–Crippen MR) is 72.7 cm³/mol. The van der Waals surface area contributed by atoms with Crippen LogP contribution in [0.2, 0.25) is 0 Å². The molecule has 1 aliphatic rings. The van der Waals surface area contributed by atoms with Crippen LogP contribution in [0.15, 0.2) is 5.16 Å². The smallest absolute Gasteiger partial charge is 0.140 e. The van der Waals surface area contributed by atoms with Crippen LogP contribution in [-0.2, 0) is 0 Å². The summed E-state index contributed by atoms with van der Waals surface area (Å²) < 4.78 is 0. The number of nitrogens with zero attached hydrogens (tertiary/aromatic N) is 1. The van der Waals surface area contributed by atoms with Crippen molar-refractivity contribution in [1.29, 1.82) is 0 Å². The van der Waals surface area contributed by atoms with E-state index in [-0.39, 0.29) is 11.9 Å². The molecule has 5 nitrogen and oxygen atoms in total. The number of nitrogens with two attached hydrogens (primary N) is 1. The molecule has 0 saturated heterocycles. The number of rotatable bonds is 6. The third-order valence-electron chi connectivity index (χ3n) is 4.04. The van der Waals surface area contributed by atoms with Gasteiger partial charge in [-0.05, 0) is 38.5 Å². The number of hydrogen-bond donors (Lipinski definition) is 4. The molecule has 1 rings (SSSR count). The van der Waals surface area contributed by atoms with Gasteiger partial charge in [-0.3, -0.25) is 0 Å². The van der Waals surface area contributed by atoms with Gasteiger partial charge in [0.05, 0.1) is 5.60 Å². The minimum Gasteiger partial charge on any atom is -0.409 e. The van der Waals surface area contributed by atoms with Crippen LogP contribution in [0.3, 0.4) is 0 Å². The second-order valence-electron chi connectivity index (χ2n) is 5.65. The zero-order valence-electron chi connectivity index (χ0n) is 11.5. The SMILES string of the molecule is CCC1CCC(O)(CNC(C)CC(N)=NO)CC1. The highest BCUT2D eigenvalue weighted by atomic mass is 16.4. The average Bonchev–Trinajstić information content (AvgIpc) is 2.37. The Kier molecular flexibility index (Phi) is 5.88. The molecule has 0 aliphatic heterocycles. The van der Waals surface area contributed by atoms with Gasteiger partial charge in [0.2, 0.25) is 0 Å². The Morgan fingerprint density at radius 1 is 1.50 bits per heavy atom. The zero-order chi connectivity index (χ0) is 13.6. The van der Waals surface area contributed by atoms with Crippen LogP contribution in [0, 0.1) is 5.92 Å². The quantitative estimate of drug-likeness (QED) is 0.251. The van der Waals surface area contributed by atoms with Crippen LogP contribution in [-0.4, -0.2) is 34.3 Å². The summed E-state index contributed by atoms with van der Waals surface area (Å²) >= 11 is 0. The highest BCUT2D eigenvalue weighted by Crippen LogP contribution is 2.33. The summed E-state index contributed by atoms with van der Waals surface area (Å²) in [5, 5.41) is 25.2. The third kappa shape index (κ3) is 4.82. The lowest BCUT2D eigenvalue weighted by atomic mass is 9.78. The van der Waals surface area contributed by atoms with Gasteiger partial charge < -0.3 is 21.4 Å². The van der Waals surface area contributed by atoms with Crippen molar-refractivity contribution in [2.45, 2.75) is 64.0 Å². The first-order valence-electron chi connectivity index (χ1n) is 6.91. The Labute approximate surface area is 109 Å².